The second-order valence-electron chi connectivity index (χ2n) is 4.24. The molecule has 2 unspecified atom stereocenters. The number of hydrogen-bond donors (Lipinski definition) is 3. The van der Waals surface area contributed by atoms with E-state index in [1.165, 1.54) is 19.2 Å². The van der Waals surface area contributed by atoms with Gasteiger partial charge in [-0.3, -0.25) is 4.79 Å². The van der Waals surface area contributed by atoms with Gasteiger partial charge in [-0.2, -0.15) is 15.4 Å². The Morgan fingerprint density at radius 3 is 2.75 bits per heavy atom. The van der Waals surface area contributed by atoms with E-state index in [9.17, 15) is 18.7 Å². The summed E-state index contributed by atoms with van der Waals surface area (Å²) in [6.45, 7) is 1.53. The van der Waals surface area contributed by atoms with Crippen LogP contribution in [0.15, 0.2) is 24.4 Å². The molecule has 0 aliphatic rings. The van der Waals surface area contributed by atoms with Crippen LogP contribution in [0.4, 0.5) is 8.78 Å². The second kappa shape index (κ2) is 5.74. The topological polar surface area (TPSA) is 90.9 Å². The molecule has 0 fully saturated rings. The lowest BCUT2D eigenvalue weighted by molar-refractivity contribution is 0.0846. The smallest absolute Gasteiger partial charge is 0.273 e. The maximum absolute atomic E-state index is 13.1. The van der Waals surface area contributed by atoms with E-state index in [2.05, 4.69) is 20.7 Å². The molecule has 20 heavy (non-hydrogen) atoms. The molecule has 1 heterocycles. The highest BCUT2D eigenvalue weighted by Gasteiger charge is 2.21. The van der Waals surface area contributed by atoms with Crippen LogP contribution < -0.4 is 5.32 Å². The fraction of sp³-hybridized carbons (Fsp3) is 0.250. The van der Waals surface area contributed by atoms with Gasteiger partial charge in [0, 0.05) is 0 Å². The van der Waals surface area contributed by atoms with Crippen molar-refractivity contribution in [2.45, 2.75) is 19.1 Å². The van der Waals surface area contributed by atoms with Crippen LogP contribution in [0, 0.1) is 11.6 Å². The largest absolute Gasteiger partial charge is 0.386 e. The molecule has 106 valence electrons. The third kappa shape index (κ3) is 2.97. The van der Waals surface area contributed by atoms with Crippen molar-refractivity contribution in [1.29, 1.82) is 0 Å². The average molecular weight is 282 g/mol. The van der Waals surface area contributed by atoms with E-state index in [-0.39, 0.29) is 11.3 Å². The molecule has 2 aromatic rings. The van der Waals surface area contributed by atoms with Gasteiger partial charge in [0.1, 0.15) is 0 Å². The third-order valence-corrected chi connectivity index (χ3v) is 2.77. The zero-order chi connectivity index (χ0) is 14.7. The number of aromatic nitrogens is 3. The SMILES string of the molecule is CC(NC(=O)c1cn[nH]n1)C(O)c1ccc(F)c(F)c1. The van der Waals surface area contributed by atoms with Crippen LogP contribution in [-0.4, -0.2) is 32.5 Å². The van der Waals surface area contributed by atoms with Gasteiger partial charge in [0.05, 0.1) is 18.3 Å². The van der Waals surface area contributed by atoms with Crippen molar-refractivity contribution in [2.75, 3.05) is 0 Å². The molecule has 8 heteroatoms. The van der Waals surface area contributed by atoms with Gasteiger partial charge in [-0.15, -0.1) is 0 Å². The molecule has 0 bridgehead atoms. The highest BCUT2D eigenvalue weighted by Crippen LogP contribution is 2.19. The zero-order valence-corrected chi connectivity index (χ0v) is 10.5. The lowest BCUT2D eigenvalue weighted by Gasteiger charge is -2.20. The summed E-state index contributed by atoms with van der Waals surface area (Å²) in [6, 6.07) is 2.34. The number of benzene rings is 1. The van der Waals surface area contributed by atoms with Gasteiger partial charge in [-0.25, -0.2) is 8.78 Å². The van der Waals surface area contributed by atoms with Crippen LogP contribution in [0.3, 0.4) is 0 Å². The highest BCUT2D eigenvalue weighted by molar-refractivity contribution is 5.92. The molecule has 2 atom stereocenters. The molecule has 1 aromatic heterocycles. The molecule has 0 spiro atoms. The Kier molecular flexibility index (Phi) is 4.04. The summed E-state index contributed by atoms with van der Waals surface area (Å²) < 4.78 is 25.9. The summed E-state index contributed by atoms with van der Waals surface area (Å²) in [6.07, 6.45) is 0.0485. The van der Waals surface area contributed by atoms with E-state index >= 15 is 0 Å². The molecule has 0 aliphatic heterocycles. The molecule has 2 rings (SSSR count). The molecular formula is C12H12F2N4O2. The zero-order valence-electron chi connectivity index (χ0n) is 10.5. The molecular weight excluding hydrogens is 270 g/mol. The number of aliphatic hydroxyl groups is 1. The summed E-state index contributed by atoms with van der Waals surface area (Å²) in [7, 11) is 0. The number of H-pyrrole nitrogens is 1. The standard InChI is InChI=1S/C12H12F2N4O2/c1-6(16-12(20)10-5-15-18-17-10)11(19)7-2-3-8(13)9(14)4-7/h2-6,11,19H,1H3,(H,16,20)(H,15,17,18). The molecule has 3 N–H and O–H groups in total. The monoisotopic (exact) mass is 282 g/mol. The van der Waals surface area contributed by atoms with Gasteiger partial charge < -0.3 is 10.4 Å². The van der Waals surface area contributed by atoms with Crippen LogP contribution in [0.5, 0.6) is 0 Å². The number of carbonyl (C=O) groups excluding carboxylic acids is 1. The van der Waals surface area contributed by atoms with Crippen molar-refractivity contribution in [3.05, 3.63) is 47.3 Å². The predicted molar refractivity (Wildman–Crippen MR) is 64.6 cm³/mol. The molecule has 0 saturated carbocycles. The first-order valence-corrected chi connectivity index (χ1v) is 5.78. The number of rotatable bonds is 4. The summed E-state index contributed by atoms with van der Waals surface area (Å²) in [4.78, 5) is 11.7. The maximum atomic E-state index is 13.1. The van der Waals surface area contributed by atoms with Crippen LogP contribution in [-0.2, 0) is 0 Å². The molecule has 1 amide bonds. The predicted octanol–water partition coefficient (Wildman–Crippen LogP) is 0.935. The summed E-state index contributed by atoms with van der Waals surface area (Å²) >= 11 is 0. The summed E-state index contributed by atoms with van der Waals surface area (Å²) in [5.41, 5.74) is 0.228. The number of hydrogen-bond acceptors (Lipinski definition) is 4. The van der Waals surface area contributed by atoms with Crippen molar-refractivity contribution in [2.24, 2.45) is 0 Å². The van der Waals surface area contributed by atoms with Gasteiger partial charge in [-0.1, -0.05) is 6.07 Å². The van der Waals surface area contributed by atoms with Gasteiger partial charge in [0.2, 0.25) is 0 Å². The van der Waals surface area contributed by atoms with Gasteiger partial charge in [0.15, 0.2) is 17.3 Å². The molecule has 6 nitrogen and oxygen atoms in total. The molecule has 0 aliphatic carbocycles. The van der Waals surface area contributed by atoms with Crippen molar-refractivity contribution in [3.8, 4) is 0 Å². The van der Waals surface area contributed by atoms with E-state index in [0.717, 1.165) is 12.1 Å². The first-order chi connectivity index (χ1) is 9.49. The first kappa shape index (κ1) is 14.1. The third-order valence-electron chi connectivity index (χ3n) is 2.77. The van der Waals surface area contributed by atoms with Crippen molar-refractivity contribution in [1.82, 2.24) is 20.7 Å². The molecule has 1 aromatic carbocycles. The number of carbonyl (C=O) groups is 1. The quantitative estimate of drug-likeness (QED) is 0.778. The number of nitrogens with one attached hydrogen (secondary N) is 2. The van der Waals surface area contributed by atoms with Gasteiger partial charge in [-0.05, 0) is 24.6 Å². The Morgan fingerprint density at radius 2 is 2.15 bits per heavy atom. The normalized spacial score (nSPS) is 13.8. The summed E-state index contributed by atoms with van der Waals surface area (Å²) in [5, 5.41) is 21.8. The van der Waals surface area contributed by atoms with Crippen LogP contribution in [0.2, 0.25) is 0 Å². The summed E-state index contributed by atoms with van der Waals surface area (Å²) in [5.74, 6) is -2.59. The Morgan fingerprint density at radius 1 is 1.40 bits per heavy atom. The number of amides is 1. The Hall–Kier alpha value is -2.35. The van der Waals surface area contributed by atoms with Crippen molar-refractivity contribution >= 4 is 5.91 Å². The lowest BCUT2D eigenvalue weighted by atomic mass is 10.0. The van der Waals surface area contributed by atoms with E-state index in [1.807, 2.05) is 0 Å². The van der Waals surface area contributed by atoms with Crippen LogP contribution in [0.25, 0.3) is 0 Å². The Bertz CT molecular complexity index is 604. The fourth-order valence-electron chi connectivity index (χ4n) is 1.66. The van der Waals surface area contributed by atoms with Crippen molar-refractivity contribution < 1.29 is 18.7 Å². The van der Waals surface area contributed by atoms with E-state index in [0.29, 0.717) is 0 Å². The number of halogens is 2. The van der Waals surface area contributed by atoms with E-state index in [4.69, 9.17) is 0 Å². The number of nitrogens with zero attached hydrogens (tertiary/aromatic N) is 2. The minimum atomic E-state index is -1.18. The number of aliphatic hydroxyl groups excluding tert-OH is 1. The van der Waals surface area contributed by atoms with E-state index in [1.54, 1.807) is 0 Å². The first-order valence-electron chi connectivity index (χ1n) is 5.78. The minimum Gasteiger partial charge on any atom is -0.386 e. The van der Waals surface area contributed by atoms with Crippen molar-refractivity contribution in [3.63, 3.8) is 0 Å². The minimum absolute atomic E-state index is 0.0642. The van der Waals surface area contributed by atoms with E-state index < -0.39 is 29.7 Å². The highest BCUT2D eigenvalue weighted by atomic mass is 19.2. The van der Waals surface area contributed by atoms with Gasteiger partial charge >= 0.3 is 0 Å². The Labute approximate surface area is 112 Å². The van der Waals surface area contributed by atoms with Gasteiger partial charge in [0.25, 0.3) is 5.91 Å². The average Bonchev–Trinajstić information content (AvgIpc) is 2.95. The maximum Gasteiger partial charge on any atom is 0.273 e. The second-order valence-corrected chi connectivity index (χ2v) is 4.24. The fourth-order valence-corrected chi connectivity index (χ4v) is 1.66. The van der Waals surface area contributed by atoms with Crippen LogP contribution in [0.1, 0.15) is 29.1 Å². The van der Waals surface area contributed by atoms with Crippen LogP contribution >= 0.6 is 0 Å². The molecule has 0 saturated heterocycles. The lowest BCUT2D eigenvalue weighted by Crippen LogP contribution is -2.37. The molecule has 0 radical (unpaired) electrons. The number of aromatic amines is 1. The Balaban J connectivity index is 2.06.